The van der Waals surface area contributed by atoms with Gasteiger partial charge in [-0.25, -0.2) is 13.1 Å². The summed E-state index contributed by atoms with van der Waals surface area (Å²) >= 11 is 3.44. The van der Waals surface area contributed by atoms with Gasteiger partial charge in [-0.1, -0.05) is 15.9 Å². The van der Waals surface area contributed by atoms with Crippen LogP contribution in [0.2, 0.25) is 0 Å². The fourth-order valence-corrected chi connectivity index (χ4v) is 5.81. The largest absolute Gasteiger partial charge is 0.472 e. The zero-order valence-corrected chi connectivity index (χ0v) is 23.9. The maximum atomic E-state index is 13.0. The van der Waals surface area contributed by atoms with E-state index in [1.54, 1.807) is 23.9 Å². The van der Waals surface area contributed by atoms with Crippen LogP contribution in [0.3, 0.4) is 0 Å². The Bertz CT molecular complexity index is 1630. The Kier molecular flexibility index (Phi) is 7.50. The van der Waals surface area contributed by atoms with E-state index in [0.717, 1.165) is 22.9 Å². The van der Waals surface area contributed by atoms with Crippen LogP contribution < -0.4 is 14.9 Å². The summed E-state index contributed by atoms with van der Waals surface area (Å²) in [7, 11) is -2.08. The Morgan fingerprint density at radius 3 is 2.51 bits per heavy atom. The van der Waals surface area contributed by atoms with Crippen LogP contribution >= 0.6 is 15.9 Å². The van der Waals surface area contributed by atoms with Crippen LogP contribution in [0.5, 0.6) is 0 Å². The van der Waals surface area contributed by atoms with Gasteiger partial charge in [-0.2, -0.15) is 5.10 Å². The van der Waals surface area contributed by atoms with E-state index in [-0.39, 0.29) is 30.8 Å². The number of hydrogen-bond donors (Lipinski definition) is 2. The third-order valence-electron chi connectivity index (χ3n) is 6.63. The second kappa shape index (κ2) is 10.9. The normalized spacial score (nSPS) is 13.4. The summed E-state index contributed by atoms with van der Waals surface area (Å²) < 4.78 is 34.8. The Hall–Kier alpha value is -3.64. The first kappa shape index (κ1) is 26.9. The molecule has 4 aromatic rings. The molecule has 0 saturated heterocycles. The number of furan rings is 1. The molecule has 12 heteroatoms. The molecule has 1 saturated carbocycles. The van der Waals surface area contributed by atoms with Gasteiger partial charge in [0.25, 0.3) is 11.8 Å². The van der Waals surface area contributed by atoms with Crippen LogP contribution in [0.4, 0.5) is 5.69 Å². The Balaban J connectivity index is 1.52. The second-order valence-electron chi connectivity index (χ2n) is 9.48. The first-order valence-corrected chi connectivity index (χ1v) is 15.1. The van der Waals surface area contributed by atoms with Crippen molar-refractivity contribution in [1.82, 2.24) is 20.4 Å². The number of anilines is 1. The molecule has 1 aliphatic rings. The molecule has 39 heavy (non-hydrogen) atoms. The monoisotopic (exact) mass is 613 g/mol. The van der Waals surface area contributed by atoms with Crippen molar-refractivity contribution < 1.29 is 22.4 Å². The molecule has 2 N–H and O–H groups in total. The summed E-state index contributed by atoms with van der Waals surface area (Å²) in [6.45, 7) is 0.460. The molecule has 0 aliphatic heterocycles. The van der Waals surface area contributed by atoms with E-state index in [2.05, 4.69) is 26.6 Å². The van der Waals surface area contributed by atoms with E-state index in [1.165, 1.54) is 23.1 Å². The molecule has 204 valence electrons. The molecule has 0 radical (unpaired) electrons. The number of fused-ring (bicyclic) bond motifs is 1. The Morgan fingerprint density at radius 2 is 1.90 bits per heavy atom. The van der Waals surface area contributed by atoms with Crippen LogP contribution in [0.1, 0.15) is 51.6 Å². The zero-order chi connectivity index (χ0) is 27.7. The predicted molar refractivity (Wildman–Crippen MR) is 152 cm³/mol. The molecular formula is C27H28BrN5O5S. The van der Waals surface area contributed by atoms with E-state index in [0.29, 0.717) is 40.0 Å². The highest BCUT2D eigenvalue weighted by molar-refractivity contribution is 9.10. The van der Waals surface area contributed by atoms with Gasteiger partial charge in [0, 0.05) is 30.0 Å². The summed E-state index contributed by atoms with van der Waals surface area (Å²) in [6, 6.07) is 12.7. The molecule has 1 aliphatic carbocycles. The molecule has 0 spiro atoms. The molecule has 5 rings (SSSR count). The number of nitrogens with one attached hydrogen (secondary N) is 2. The molecule has 2 heterocycles. The minimum Gasteiger partial charge on any atom is -0.472 e. The van der Waals surface area contributed by atoms with Gasteiger partial charge in [-0.3, -0.25) is 13.9 Å². The van der Waals surface area contributed by atoms with E-state index >= 15 is 0 Å². The average Bonchev–Trinajstić information content (AvgIpc) is 3.46. The molecule has 0 bridgehead atoms. The highest BCUT2D eigenvalue weighted by Crippen LogP contribution is 2.46. The number of carbonyl (C=O) groups is 2. The summed E-state index contributed by atoms with van der Waals surface area (Å²) in [5.74, 6) is -0.374. The Morgan fingerprint density at radius 1 is 1.15 bits per heavy atom. The number of halogens is 1. The highest BCUT2D eigenvalue weighted by Gasteiger charge is 2.32. The van der Waals surface area contributed by atoms with Crippen molar-refractivity contribution >= 4 is 54.4 Å². The lowest BCUT2D eigenvalue weighted by Crippen LogP contribution is -2.34. The molecule has 0 unspecified atom stereocenters. The van der Waals surface area contributed by atoms with Crippen LogP contribution in [0.15, 0.2) is 63.9 Å². The standard InChI is InChI=1S/C27H28BrN5O5S/c1-29-27(35)25-22-14-21(17-4-5-17)24(15-23(22)31-33(25)20-8-6-19(28)7-9-20)32(39(2,36)37)12-3-11-30-26(34)18-10-13-38-16-18/h6-10,13-17H,3-5,11-12H2,1-2H3,(H,29,35)(H,30,34). The SMILES string of the molecule is CNC(=O)c1c2cc(C3CC3)c(N(CCCNC(=O)c3ccoc3)S(C)(=O)=O)cc2nn1-c1ccc(Br)cc1. The number of nitrogens with zero attached hydrogens (tertiary/aromatic N) is 3. The molecule has 1 fully saturated rings. The van der Waals surface area contributed by atoms with Gasteiger partial charge < -0.3 is 15.1 Å². The molecule has 0 atom stereocenters. The van der Waals surface area contributed by atoms with Gasteiger partial charge in [0.05, 0.1) is 35.0 Å². The lowest BCUT2D eigenvalue weighted by molar-refractivity contribution is 0.0946. The third kappa shape index (κ3) is 5.71. The minimum atomic E-state index is -3.65. The lowest BCUT2D eigenvalue weighted by atomic mass is 10.0. The maximum Gasteiger partial charge on any atom is 0.270 e. The van der Waals surface area contributed by atoms with Gasteiger partial charge in [0.2, 0.25) is 10.0 Å². The summed E-state index contributed by atoms with van der Waals surface area (Å²) in [6.07, 6.45) is 6.23. The predicted octanol–water partition coefficient (Wildman–Crippen LogP) is 4.20. The second-order valence-corrected chi connectivity index (χ2v) is 12.3. The Labute approximate surface area is 234 Å². The number of hydrogen-bond acceptors (Lipinski definition) is 6. The molecule has 2 aromatic carbocycles. The van der Waals surface area contributed by atoms with Gasteiger partial charge in [-0.15, -0.1) is 0 Å². The van der Waals surface area contributed by atoms with Gasteiger partial charge in [-0.05, 0) is 73.2 Å². The van der Waals surface area contributed by atoms with Crippen molar-refractivity contribution in [3.63, 3.8) is 0 Å². The number of amides is 2. The smallest absolute Gasteiger partial charge is 0.270 e. The van der Waals surface area contributed by atoms with E-state index in [1.807, 2.05) is 30.3 Å². The number of aromatic nitrogens is 2. The third-order valence-corrected chi connectivity index (χ3v) is 8.33. The molecule has 10 nitrogen and oxygen atoms in total. The quantitative estimate of drug-likeness (QED) is 0.258. The van der Waals surface area contributed by atoms with Crippen LogP contribution in [0, 0.1) is 0 Å². The van der Waals surface area contributed by atoms with Crippen molar-refractivity contribution in [2.24, 2.45) is 0 Å². The van der Waals surface area contributed by atoms with E-state index in [4.69, 9.17) is 9.52 Å². The summed E-state index contributed by atoms with van der Waals surface area (Å²) in [5.41, 5.74) is 3.43. The number of rotatable bonds is 10. The van der Waals surface area contributed by atoms with Gasteiger partial charge in [0.15, 0.2) is 0 Å². The van der Waals surface area contributed by atoms with Gasteiger partial charge >= 0.3 is 0 Å². The van der Waals surface area contributed by atoms with Crippen LogP contribution in [-0.4, -0.2) is 56.4 Å². The van der Waals surface area contributed by atoms with Crippen molar-refractivity contribution in [2.75, 3.05) is 30.7 Å². The maximum absolute atomic E-state index is 13.0. The number of sulfonamides is 1. The molecular weight excluding hydrogens is 586 g/mol. The first-order chi connectivity index (χ1) is 18.7. The van der Waals surface area contributed by atoms with E-state index < -0.39 is 10.0 Å². The van der Waals surface area contributed by atoms with Crippen LogP contribution in [0.25, 0.3) is 16.6 Å². The van der Waals surface area contributed by atoms with Crippen molar-refractivity contribution in [3.05, 3.63) is 76.3 Å². The van der Waals surface area contributed by atoms with Crippen molar-refractivity contribution in [2.45, 2.75) is 25.2 Å². The van der Waals surface area contributed by atoms with Crippen molar-refractivity contribution in [1.29, 1.82) is 0 Å². The topological polar surface area (TPSA) is 127 Å². The fraction of sp³-hybridized carbons (Fsp3) is 0.296. The zero-order valence-electron chi connectivity index (χ0n) is 21.5. The number of carbonyl (C=O) groups excluding carboxylic acids is 2. The highest BCUT2D eigenvalue weighted by atomic mass is 79.9. The van der Waals surface area contributed by atoms with Crippen LogP contribution in [-0.2, 0) is 10.0 Å². The molecule has 2 aromatic heterocycles. The van der Waals surface area contributed by atoms with E-state index in [9.17, 15) is 18.0 Å². The minimum absolute atomic E-state index is 0.172. The summed E-state index contributed by atoms with van der Waals surface area (Å²) in [5, 5.41) is 10.9. The number of benzene rings is 2. The van der Waals surface area contributed by atoms with Gasteiger partial charge in [0.1, 0.15) is 12.0 Å². The average molecular weight is 615 g/mol. The summed E-state index contributed by atoms with van der Waals surface area (Å²) in [4.78, 5) is 25.2. The fourth-order valence-electron chi connectivity index (χ4n) is 4.57. The molecule has 2 amide bonds. The lowest BCUT2D eigenvalue weighted by Gasteiger charge is -2.25. The first-order valence-electron chi connectivity index (χ1n) is 12.5. The van der Waals surface area contributed by atoms with Crippen molar-refractivity contribution in [3.8, 4) is 5.69 Å².